The van der Waals surface area contributed by atoms with Crippen molar-refractivity contribution in [1.29, 1.82) is 0 Å². The Kier molecular flexibility index (Phi) is 5.21. The van der Waals surface area contributed by atoms with Gasteiger partial charge in [0.25, 0.3) is 0 Å². The summed E-state index contributed by atoms with van der Waals surface area (Å²) >= 11 is 0. The second kappa shape index (κ2) is 6.44. The highest BCUT2D eigenvalue weighted by Crippen LogP contribution is 2.21. The Morgan fingerprint density at radius 3 is 2.71 bits per heavy atom. The number of aromatic nitrogens is 1. The zero-order valence-electron chi connectivity index (χ0n) is 9.59. The van der Waals surface area contributed by atoms with Crippen LogP contribution in [-0.4, -0.2) is 30.3 Å². The van der Waals surface area contributed by atoms with Crippen molar-refractivity contribution < 1.29 is 13.2 Å². The summed E-state index contributed by atoms with van der Waals surface area (Å²) in [4.78, 5) is 3.92. The van der Waals surface area contributed by atoms with Crippen LogP contribution in [0.15, 0.2) is 24.5 Å². The number of rotatable bonds is 6. The van der Waals surface area contributed by atoms with Crippen LogP contribution in [-0.2, 0) is 0 Å². The van der Waals surface area contributed by atoms with Gasteiger partial charge in [-0.3, -0.25) is 4.98 Å². The third-order valence-corrected chi connectivity index (χ3v) is 2.15. The van der Waals surface area contributed by atoms with Crippen LogP contribution >= 0.6 is 0 Å². The number of hydrogen-bond donors (Lipinski definition) is 2. The van der Waals surface area contributed by atoms with E-state index in [9.17, 15) is 13.2 Å². The molecule has 0 aliphatic carbocycles. The van der Waals surface area contributed by atoms with Gasteiger partial charge in [-0.1, -0.05) is 0 Å². The molecule has 96 valence electrons. The Labute approximate surface area is 98.4 Å². The van der Waals surface area contributed by atoms with Gasteiger partial charge < -0.3 is 10.6 Å². The minimum atomic E-state index is -4.11. The summed E-state index contributed by atoms with van der Waals surface area (Å²) in [6.45, 7) is 2.57. The summed E-state index contributed by atoms with van der Waals surface area (Å²) < 4.78 is 36.0. The van der Waals surface area contributed by atoms with Crippen molar-refractivity contribution in [2.75, 3.05) is 18.4 Å². The molecule has 1 heterocycles. The lowest BCUT2D eigenvalue weighted by molar-refractivity contribution is -0.138. The molecule has 1 rings (SSSR count). The summed E-state index contributed by atoms with van der Waals surface area (Å²) in [5.41, 5.74) is 0.859. The first-order valence-corrected chi connectivity index (χ1v) is 5.41. The first-order valence-electron chi connectivity index (χ1n) is 5.41. The molecule has 0 fully saturated rings. The average molecular weight is 247 g/mol. The number of hydrogen-bond acceptors (Lipinski definition) is 3. The molecule has 0 saturated heterocycles. The lowest BCUT2D eigenvalue weighted by atomic mass is 10.2. The summed E-state index contributed by atoms with van der Waals surface area (Å²) in [5.74, 6) is 0. The zero-order chi connectivity index (χ0) is 12.7. The fourth-order valence-corrected chi connectivity index (χ4v) is 1.41. The first-order chi connectivity index (χ1) is 7.97. The number of nitrogens with one attached hydrogen (secondary N) is 2. The van der Waals surface area contributed by atoms with E-state index in [0.717, 1.165) is 5.69 Å². The normalized spacial score (nSPS) is 13.4. The van der Waals surface area contributed by atoms with Crippen LogP contribution in [0.4, 0.5) is 18.9 Å². The molecular weight excluding hydrogens is 231 g/mol. The van der Waals surface area contributed by atoms with Gasteiger partial charge in [-0.25, -0.2) is 0 Å². The Morgan fingerprint density at radius 1 is 1.35 bits per heavy atom. The van der Waals surface area contributed by atoms with E-state index in [2.05, 4.69) is 15.6 Å². The molecule has 0 aromatic carbocycles. The van der Waals surface area contributed by atoms with Crippen LogP contribution in [0.1, 0.15) is 13.3 Å². The highest BCUT2D eigenvalue weighted by molar-refractivity contribution is 5.39. The number of alkyl halides is 3. The van der Waals surface area contributed by atoms with E-state index in [1.165, 1.54) is 6.92 Å². The van der Waals surface area contributed by atoms with E-state index in [1.54, 1.807) is 18.5 Å². The third-order valence-electron chi connectivity index (χ3n) is 2.15. The van der Waals surface area contributed by atoms with Gasteiger partial charge in [0, 0.05) is 31.5 Å². The first kappa shape index (κ1) is 13.8. The van der Waals surface area contributed by atoms with Crippen molar-refractivity contribution in [1.82, 2.24) is 10.3 Å². The van der Waals surface area contributed by atoms with Crippen molar-refractivity contribution in [2.45, 2.75) is 25.6 Å². The van der Waals surface area contributed by atoms with Gasteiger partial charge in [0.2, 0.25) is 0 Å². The minimum absolute atomic E-state index is 0.478. The standard InChI is InChI=1S/C11H16F3N3/c1-9(7-11(12,13)14)16-5-6-17-10-3-2-4-15-8-10/h2-4,8-9,16-17H,5-7H2,1H3. The van der Waals surface area contributed by atoms with E-state index >= 15 is 0 Å². The fraction of sp³-hybridized carbons (Fsp3) is 0.545. The molecule has 0 aliphatic heterocycles. The fourth-order valence-electron chi connectivity index (χ4n) is 1.41. The van der Waals surface area contributed by atoms with Gasteiger partial charge in [0.15, 0.2) is 0 Å². The number of anilines is 1. The van der Waals surface area contributed by atoms with E-state index < -0.39 is 18.6 Å². The molecule has 0 amide bonds. The minimum Gasteiger partial charge on any atom is -0.383 e. The Hall–Kier alpha value is -1.30. The SMILES string of the molecule is CC(CC(F)(F)F)NCCNc1cccnc1. The van der Waals surface area contributed by atoms with Crippen molar-refractivity contribution in [3.63, 3.8) is 0 Å². The largest absolute Gasteiger partial charge is 0.390 e. The molecule has 1 aromatic rings. The summed E-state index contributed by atoms with van der Waals surface area (Å²) in [5, 5.41) is 5.86. The average Bonchev–Trinajstić information content (AvgIpc) is 2.23. The Morgan fingerprint density at radius 2 is 2.12 bits per heavy atom. The molecule has 17 heavy (non-hydrogen) atoms. The van der Waals surface area contributed by atoms with E-state index in [0.29, 0.717) is 13.1 Å². The van der Waals surface area contributed by atoms with Crippen LogP contribution < -0.4 is 10.6 Å². The molecule has 0 bridgehead atoms. The number of nitrogens with zero attached hydrogens (tertiary/aromatic N) is 1. The monoisotopic (exact) mass is 247 g/mol. The predicted octanol–water partition coefficient (Wildman–Crippen LogP) is 2.42. The number of halogens is 3. The van der Waals surface area contributed by atoms with Crippen LogP contribution in [0.25, 0.3) is 0 Å². The maximum atomic E-state index is 12.0. The maximum absolute atomic E-state index is 12.0. The molecular formula is C11H16F3N3. The molecule has 3 nitrogen and oxygen atoms in total. The lowest BCUT2D eigenvalue weighted by Gasteiger charge is -2.16. The third kappa shape index (κ3) is 6.78. The van der Waals surface area contributed by atoms with Gasteiger partial charge in [0.05, 0.1) is 12.1 Å². The van der Waals surface area contributed by atoms with Crippen LogP contribution in [0.5, 0.6) is 0 Å². The van der Waals surface area contributed by atoms with Crippen LogP contribution in [0, 0.1) is 0 Å². The highest BCUT2D eigenvalue weighted by atomic mass is 19.4. The molecule has 0 aliphatic rings. The molecule has 6 heteroatoms. The van der Waals surface area contributed by atoms with Crippen molar-refractivity contribution >= 4 is 5.69 Å². The molecule has 0 spiro atoms. The van der Waals surface area contributed by atoms with Gasteiger partial charge in [0.1, 0.15) is 0 Å². The molecule has 0 radical (unpaired) electrons. The zero-order valence-corrected chi connectivity index (χ0v) is 9.59. The second-order valence-electron chi connectivity index (χ2n) is 3.84. The molecule has 1 aromatic heterocycles. The molecule has 1 atom stereocenters. The quantitative estimate of drug-likeness (QED) is 0.758. The number of pyridine rings is 1. The topological polar surface area (TPSA) is 37.0 Å². The lowest BCUT2D eigenvalue weighted by Crippen LogP contribution is -2.34. The van der Waals surface area contributed by atoms with Crippen molar-refractivity contribution in [3.05, 3.63) is 24.5 Å². The summed E-state index contributed by atoms with van der Waals surface area (Å²) in [6, 6.07) is 3.08. The highest BCUT2D eigenvalue weighted by Gasteiger charge is 2.29. The van der Waals surface area contributed by atoms with Gasteiger partial charge in [-0.05, 0) is 19.1 Å². The van der Waals surface area contributed by atoms with Gasteiger partial charge >= 0.3 is 6.18 Å². The van der Waals surface area contributed by atoms with E-state index in [-0.39, 0.29) is 0 Å². The van der Waals surface area contributed by atoms with Crippen molar-refractivity contribution in [3.8, 4) is 0 Å². The van der Waals surface area contributed by atoms with Crippen LogP contribution in [0.3, 0.4) is 0 Å². The smallest absolute Gasteiger partial charge is 0.383 e. The van der Waals surface area contributed by atoms with Gasteiger partial charge in [-0.15, -0.1) is 0 Å². The van der Waals surface area contributed by atoms with Gasteiger partial charge in [-0.2, -0.15) is 13.2 Å². The predicted molar refractivity (Wildman–Crippen MR) is 60.9 cm³/mol. The van der Waals surface area contributed by atoms with Crippen LogP contribution in [0.2, 0.25) is 0 Å². The Bertz CT molecular complexity index is 313. The Balaban J connectivity index is 2.12. The molecule has 0 saturated carbocycles. The summed E-state index contributed by atoms with van der Waals surface area (Å²) in [7, 11) is 0. The summed E-state index contributed by atoms with van der Waals surface area (Å²) in [6.07, 6.45) is -1.59. The molecule has 1 unspecified atom stereocenters. The van der Waals surface area contributed by atoms with E-state index in [4.69, 9.17) is 0 Å². The second-order valence-corrected chi connectivity index (χ2v) is 3.84. The molecule has 2 N–H and O–H groups in total. The van der Waals surface area contributed by atoms with Crippen molar-refractivity contribution in [2.24, 2.45) is 0 Å². The van der Waals surface area contributed by atoms with E-state index in [1.807, 2.05) is 6.07 Å². The maximum Gasteiger partial charge on any atom is 0.390 e.